The van der Waals surface area contributed by atoms with Gasteiger partial charge < -0.3 is 9.84 Å². The molecule has 0 aromatic heterocycles. The van der Waals surface area contributed by atoms with Gasteiger partial charge in [0.15, 0.2) is 0 Å². The fourth-order valence-electron chi connectivity index (χ4n) is 1.28. The molecule has 0 bridgehead atoms. The number of nitrogens with zero attached hydrogens (tertiary/aromatic N) is 1. The van der Waals surface area contributed by atoms with Gasteiger partial charge in [-0.1, -0.05) is 0 Å². The lowest BCUT2D eigenvalue weighted by atomic mass is 10.1. The number of aliphatic hydroxyl groups is 1. The second-order valence-electron chi connectivity index (χ2n) is 3.47. The van der Waals surface area contributed by atoms with Crippen molar-refractivity contribution in [2.45, 2.75) is 25.9 Å². The molecule has 0 radical (unpaired) electrons. The molecule has 0 saturated carbocycles. The lowest BCUT2D eigenvalue weighted by molar-refractivity contribution is 0.194. The molecule has 16 heavy (non-hydrogen) atoms. The maximum absolute atomic E-state index is 13.4. The van der Waals surface area contributed by atoms with E-state index in [9.17, 15) is 9.50 Å². The molecule has 1 N–H and O–H groups in total. The van der Waals surface area contributed by atoms with Crippen LogP contribution in [0.5, 0.6) is 5.75 Å². The number of nitriles is 1. The van der Waals surface area contributed by atoms with Crippen molar-refractivity contribution in [3.05, 3.63) is 29.6 Å². The monoisotopic (exact) mass is 223 g/mol. The van der Waals surface area contributed by atoms with Crippen LogP contribution in [0.3, 0.4) is 0 Å². The van der Waals surface area contributed by atoms with E-state index >= 15 is 0 Å². The van der Waals surface area contributed by atoms with E-state index in [0.29, 0.717) is 25.2 Å². The predicted molar refractivity (Wildman–Crippen MR) is 57.4 cm³/mol. The smallest absolute Gasteiger partial charge is 0.132 e. The molecular weight excluding hydrogens is 209 g/mol. The van der Waals surface area contributed by atoms with E-state index in [1.165, 1.54) is 19.1 Å². The van der Waals surface area contributed by atoms with Gasteiger partial charge in [0.2, 0.25) is 0 Å². The van der Waals surface area contributed by atoms with E-state index in [-0.39, 0.29) is 5.56 Å². The summed E-state index contributed by atoms with van der Waals surface area (Å²) in [5.74, 6) is -0.0624. The molecule has 0 saturated heterocycles. The largest absolute Gasteiger partial charge is 0.493 e. The third-order valence-electron chi connectivity index (χ3n) is 2.12. The van der Waals surface area contributed by atoms with Crippen LogP contribution in [0.25, 0.3) is 0 Å². The zero-order chi connectivity index (χ0) is 12.0. The molecule has 0 aliphatic rings. The summed E-state index contributed by atoms with van der Waals surface area (Å²) >= 11 is 0. The number of halogens is 1. The van der Waals surface area contributed by atoms with Crippen molar-refractivity contribution in [1.29, 1.82) is 5.26 Å². The molecule has 0 spiro atoms. The number of aliphatic hydroxyl groups excluding tert-OH is 1. The Hall–Kier alpha value is -1.60. The number of ether oxygens (including phenoxy) is 1. The highest BCUT2D eigenvalue weighted by molar-refractivity contribution is 5.29. The summed E-state index contributed by atoms with van der Waals surface area (Å²) in [6, 6.07) is 6.36. The molecule has 86 valence electrons. The number of benzene rings is 1. The van der Waals surface area contributed by atoms with Gasteiger partial charge in [-0.2, -0.15) is 5.26 Å². The summed E-state index contributed by atoms with van der Waals surface area (Å²) in [7, 11) is 0. The summed E-state index contributed by atoms with van der Waals surface area (Å²) in [5, 5.41) is 17.5. The zero-order valence-corrected chi connectivity index (χ0v) is 9.11. The van der Waals surface area contributed by atoms with Gasteiger partial charge in [-0.25, -0.2) is 4.39 Å². The third-order valence-corrected chi connectivity index (χ3v) is 2.12. The van der Waals surface area contributed by atoms with E-state index in [4.69, 9.17) is 10.00 Å². The lowest BCUT2D eigenvalue weighted by Gasteiger charge is -2.09. The van der Waals surface area contributed by atoms with Crippen LogP contribution in [0.1, 0.15) is 31.4 Å². The minimum Gasteiger partial charge on any atom is -0.493 e. The predicted octanol–water partition coefficient (Wildman–Crippen LogP) is 2.56. The molecule has 0 fully saturated rings. The van der Waals surface area contributed by atoms with Gasteiger partial charge in [-0.05, 0) is 25.5 Å². The summed E-state index contributed by atoms with van der Waals surface area (Å²) in [6.45, 7) is 1.90. The van der Waals surface area contributed by atoms with E-state index in [1.807, 2.05) is 6.07 Å². The van der Waals surface area contributed by atoms with Crippen molar-refractivity contribution in [3.63, 3.8) is 0 Å². The Kier molecular flexibility index (Phi) is 4.74. The highest BCUT2D eigenvalue weighted by Crippen LogP contribution is 2.21. The maximum Gasteiger partial charge on any atom is 0.132 e. The summed E-state index contributed by atoms with van der Waals surface area (Å²) in [5.41, 5.74) is 0.254. The first-order valence-electron chi connectivity index (χ1n) is 5.12. The average Bonchev–Trinajstić information content (AvgIpc) is 2.24. The van der Waals surface area contributed by atoms with Crippen molar-refractivity contribution >= 4 is 0 Å². The van der Waals surface area contributed by atoms with Gasteiger partial charge in [0.1, 0.15) is 11.6 Å². The van der Waals surface area contributed by atoms with E-state index in [1.54, 1.807) is 6.07 Å². The maximum atomic E-state index is 13.4. The van der Waals surface area contributed by atoms with Gasteiger partial charge in [0.25, 0.3) is 0 Å². The molecule has 1 aromatic carbocycles. The number of rotatable bonds is 5. The number of unbranched alkanes of at least 4 members (excludes halogenated alkanes) is 1. The van der Waals surface area contributed by atoms with E-state index < -0.39 is 11.9 Å². The van der Waals surface area contributed by atoms with Gasteiger partial charge in [0, 0.05) is 18.1 Å². The molecule has 0 heterocycles. The van der Waals surface area contributed by atoms with E-state index in [2.05, 4.69) is 0 Å². The molecule has 1 aromatic rings. The topological polar surface area (TPSA) is 53.2 Å². The Bertz CT molecular complexity index is 385. The summed E-state index contributed by atoms with van der Waals surface area (Å²) in [6.07, 6.45) is 0.220. The van der Waals surface area contributed by atoms with E-state index in [0.717, 1.165) is 0 Å². The summed E-state index contributed by atoms with van der Waals surface area (Å²) < 4.78 is 18.6. The van der Waals surface area contributed by atoms with Crippen LogP contribution in [0.15, 0.2) is 18.2 Å². The standard InChI is InChI=1S/C12H14FNO2/c1-9(15)11-5-4-10(8-12(11)13)16-7-3-2-6-14/h4-5,8-9,15H,2-3,7H2,1H3. The van der Waals surface area contributed by atoms with Crippen molar-refractivity contribution in [1.82, 2.24) is 0 Å². The molecule has 0 amide bonds. The quantitative estimate of drug-likeness (QED) is 0.780. The Balaban J connectivity index is 2.57. The first kappa shape index (κ1) is 12.5. The highest BCUT2D eigenvalue weighted by atomic mass is 19.1. The van der Waals surface area contributed by atoms with Crippen molar-refractivity contribution in [2.75, 3.05) is 6.61 Å². The van der Waals surface area contributed by atoms with Crippen LogP contribution in [0, 0.1) is 17.1 Å². The molecule has 1 unspecified atom stereocenters. The first-order valence-corrected chi connectivity index (χ1v) is 5.12. The molecule has 1 atom stereocenters. The first-order chi connectivity index (χ1) is 7.65. The molecule has 3 nitrogen and oxygen atoms in total. The lowest BCUT2D eigenvalue weighted by Crippen LogP contribution is -2.00. The minimum atomic E-state index is -0.826. The second-order valence-corrected chi connectivity index (χ2v) is 3.47. The van der Waals surface area contributed by atoms with Crippen LogP contribution in [0.4, 0.5) is 4.39 Å². The molecule has 0 aliphatic carbocycles. The van der Waals surface area contributed by atoms with Crippen LogP contribution in [-0.2, 0) is 0 Å². The molecule has 4 heteroatoms. The Morgan fingerprint density at radius 1 is 1.56 bits per heavy atom. The van der Waals surface area contributed by atoms with Gasteiger partial charge in [-0.15, -0.1) is 0 Å². The summed E-state index contributed by atoms with van der Waals surface area (Å²) in [4.78, 5) is 0. The third kappa shape index (κ3) is 3.52. The highest BCUT2D eigenvalue weighted by Gasteiger charge is 2.08. The SMILES string of the molecule is CC(O)c1ccc(OCCCC#N)cc1F. The van der Waals surface area contributed by atoms with Crippen LogP contribution in [-0.4, -0.2) is 11.7 Å². The molecule has 0 aliphatic heterocycles. The van der Waals surface area contributed by atoms with Crippen LogP contribution < -0.4 is 4.74 Å². The van der Waals surface area contributed by atoms with Crippen molar-refractivity contribution in [2.24, 2.45) is 0 Å². The minimum absolute atomic E-state index is 0.254. The molecule has 1 rings (SSSR count). The normalized spacial score (nSPS) is 11.9. The van der Waals surface area contributed by atoms with Crippen LogP contribution >= 0.6 is 0 Å². The number of hydrogen-bond acceptors (Lipinski definition) is 3. The van der Waals surface area contributed by atoms with Crippen molar-refractivity contribution < 1.29 is 14.2 Å². The fraction of sp³-hybridized carbons (Fsp3) is 0.417. The van der Waals surface area contributed by atoms with Gasteiger partial charge >= 0.3 is 0 Å². The van der Waals surface area contributed by atoms with Gasteiger partial charge in [-0.3, -0.25) is 0 Å². The second kappa shape index (κ2) is 6.09. The van der Waals surface area contributed by atoms with Crippen molar-refractivity contribution in [3.8, 4) is 11.8 Å². The van der Waals surface area contributed by atoms with Crippen LogP contribution in [0.2, 0.25) is 0 Å². The number of hydrogen-bond donors (Lipinski definition) is 1. The fourth-order valence-corrected chi connectivity index (χ4v) is 1.28. The Labute approximate surface area is 94.1 Å². The zero-order valence-electron chi connectivity index (χ0n) is 9.11. The Morgan fingerprint density at radius 3 is 2.88 bits per heavy atom. The van der Waals surface area contributed by atoms with Gasteiger partial charge in [0.05, 0.1) is 18.8 Å². The Morgan fingerprint density at radius 2 is 2.31 bits per heavy atom. The average molecular weight is 223 g/mol. The molecular formula is C12H14FNO2.